The molecule has 0 fully saturated rings. The van der Waals surface area contributed by atoms with Crippen LogP contribution in [-0.4, -0.2) is 32.6 Å². The molecule has 156 valence electrons. The van der Waals surface area contributed by atoms with Crippen LogP contribution in [0.4, 0.5) is 4.79 Å². The molecule has 1 aromatic carbocycles. The number of unbranched alkanes of at least 4 members (excludes halogenated alkanes) is 1. The van der Waals surface area contributed by atoms with E-state index in [-0.39, 0.29) is 0 Å². The van der Waals surface area contributed by atoms with E-state index < -0.39 is 17.7 Å². The van der Waals surface area contributed by atoms with Crippen molar-refractivity contribution in [2.24, 2.45) is 0 Å². The third-order valence-electron chi connectivity index (χ3n) is 4.23. The minimum Gasteiger partial charge on any atom is -0.444 e. The van der Waals surface area contributed by atoms with Crippen molar-refractivity contribution >= 4 is 28.8 Å². The predicted molar refractivity (Wildman–Crippen MR) is 114 cm³/mol. The molecule has 0 saturated carbocycles. The number of hydrogen-bond acceptors (Lipinski definition) is 6. The lowest BCUT2D eigenvalue weighted by molar-refractivity contribution is 0.0494. The van der Waals surface area contributed by atoms with Gasteiger partial charge in [-0.25, -0.2) is 4.79 Å². The first-order valence-corrected chi connectivity index (χ1v) is 10.8. The van der Waals surface area contributed by atoms with Crippen molar-refractivity contribution in [3.05, 3.63) is 41.9 Å². The Bertz CT molecular complexity index is 945. The summed E-state index contributed by atoms with van der Waals surface area (Å²) in [5.74, 6) is 1.30. The molecule has 0 saturated heterocycles. The predicted octanol–water partition coefficient (Wildman–Crippen LogP) is 5.25. The molecule has 2 aromatic heterocycles. The average molecular weight is 417 g/mol. The summed E-state index contributed by atoms with van der Waals surface area (Å²) in [6, 6.07) is 7.55. The van der Waals surface area contributed by atoms with E-state index in [4.69, 9.17) is 9.15 Å². The lowest BCUT2D eigenvalue weighted by Crippen LogP contribution is -2.36. The number of aromatic amines is 1. The number of aromatic nitrogens is 3. The summed E-state index contributed by atoms with van der Waals surface area (Å²) in [5, 5.41) is 12.8. The maximum absolute atomic E-state index is 12.4. The van der Waals surface area contributed by atoms with Crippen molar-refractivity contribution in [2.75, 3.05) is 5.75 Å². The maximum Gasteiger partial charge on any atom is 0.408 e. The van der Waals surface area contributed by atoms with Gasteiger partial charge in [0.2, 0.25) is 5.89 Å². The summed E-state index contributed by atoms with van der Waals surface area (Å²) in [5.41, 5.74) is 1.51. The van der Waals surface area contributed by atoms with Gasteiger partial charge in [-0.3, -0.25) is 0 Å². The Morgan fingerprint density at radius 1 is 1.31 bits per heavy atom. The first kappa shape index (κ1) is 21.2. The third-order valence-corrected chi connectivity index (χ3v) is 5.14. The number of carbonyl (C=O) groups excluding carboxylic acids is 1. The highest BCUT2D eigenvalue weighted by Crippen LogP contribution is 2.26. The minimum atomic E-state index is -0.592. The maximum atomic E-state index is 12.4. The van der Waals surface area contributed by atoms with Crippen LogP contribution in [0.15, 0.2) is 40.1 Å². The van der Waals surface area contributed by atoms with Gasteiger partial charge in [0.05, 0.1) is 0 Å². The second-order valence-electron chi connectivity index (χ2n) is 7.87. The molecule has 0 aliphatic rings. The Hall–Kier alpha value is -2.48. The monoisotopic (exact) mass is 416 g/mol. The Labute approximate surface area is 175 Å². The fourth-order valence-corrected chi connectivity index (χ4v) is 3.74. The molecule has 2 N–H and O–H groups in total. The molecule has 0 aliphatic heterocycles. The Morgan fingerprint density at radius 2 is 2.10 bits per heavy atom. The van der Waals surface area contributed by atoms with Crippen molar-refractivity contribution in [1.29, 1.82) is 0 Å². The molecule has 1 amide bonds. The number of carbonyl (C=O) groups is 1. The summed E-state index contributed by atoms with van der Waals surface area (Å²) < 4.78 is 11.3. The van der Waals surface area contributed by atoms with Crippen molar-refractivity contribution in [1.82, 2.24) is 20.5 Å². The molecular weight excluding hydrogens is 388 g/mol. The summed E-state index contributed by atoms with van der Waals surface area (Å²) in [7, 11) is 0. The zero-order valence-electron chi connectivity index (χ0n) is 17.3. The van der Waals surface area contributed by atoms with Crippen LogP contribution in [0.5, 0.6) is 0 Å². The van der Waals surface area contributed by atoms with Crippen LogP contribution in [0.3, 0.4) is 0 Å². The fourth-order valence-electron chi connectivity index (χ4n) is 2.89. The number of rotatable bonds is 8. The molecule has 0 spiro atoms. The van der Waals surface area contributed by atoms with Gasteiger partial charge in [-0.1, -0.05) is 43.3 Å². The summed E-state index contributed by atoms with van der Waals surface area (Å²) in [4.78, 5) is 15.7. The van der Waals surface area contributed by atoms with Crippen LogP contribution >= 0.6 is 11.8 Å². The Kier molecular flexibility index (Phi) is 6.84. The minimum absolute atomic E-state index is 0.375. The summed E-state index contributed by atoms with van der Waals surface area (Å²) >= 11 is 1.53. The number of H-pyrrole nitrogens is 1. The zero-order valence-corrected chi connectivity index (χ0v) is 18.1. The van der Waals surface area contributed by atoms with Crippen LogP contribution in [-0.2, 0) is 11.2 Å². The highest BCUT2D eigenvalue weighted by atomic mass is 32.2. The van der Waals surface area contributed by atoms with E-state index in [1.54, 1.807) is 0 Å². The number of hydrogen-bond donors (Lipinski definition) is 2. The number of nitrogens with zero attached hydrogens (tertiary/aromatic N) is 2. The van der Waals surface area contributed by atoms with E-state index in [0.29, 0.717) is 17.5 Å². The molecule has 3 rings (SSSR count). The van der Waals surface area contributed by atoms with Gasteiger partial charge in [-0.15, -0.1) is 10.2 Å². The molecular formula is C21H28N4O3S. The van der Waals surface area contributed by atoms with Crippen molar-refractivity contribution in [3.8, 4) is 0 Å². The zero-order chi connectivity index (χ0) is 20.9. The van der Waals surface area contributed by atoms with Gasteiger partial charge < -0.3 is 19.5 Å². The molecule has 0 bridgehead atoms. The number of alkyl carbamates (subject to hydrolysis) is 1. The number of thioether (sulfide) groups is 1. The SMILES string of the molecule is CCCCSc1nnc([C@@H](Cc2c[nH]c3ccccc23)NC(=O)OC(C)(C)C)o1. The first-order valence-electron chi connectivity index (χ1n) is 9.86. The van der Waals surface area contributed by atoms with E-state index in [9.17, 15) is 4.79 Å². The number of fused-ring (bicyclic) bond motifs is 1. The fraction of sp³-hybridized carbons (Fsp3) is 0.476. The van der Waals surface area contributed by atoms with Gasteiger partial charge in [0.15, 0.2) is 0 Å². The van der Waals surface area contributed by atoms with Gasteiger partial charge in [0.1, 0.15) is 11.6 Å². The normalized spacial score (nSPS) is 12.8. The highest BCUT2D eigenvalue weighted by Gasteiger charge is 2.26. The van der Waals surface area contributed by atoms with Crippen LogP contribution in [0, 0.1) is 0 Å². The van der Waals surface area contributed by atoms with Gasteiger partial charge in [-0.05, 0) is 38.8 Å². The highest BCUT2D eigenvalue weighted by molar-refractivity contribution is 7.99. The van der Waals surface area contributed by atoms with Crippen LogP contribution < -0.4 is 5.32 Å². The average Bonchev–Trinajstić information content (AvgIpc) is 3.27. The number of amides is 1. The van der Waals surface area contributed by atoms with Crippen LogP contribution in [0.1, 0.15) is 58.0 Å². The van der Waals surface area contributed by atoms with Crippen molar-refractivity contribution in [3.63, 3.8) is 0 Å². The molecule has 29 heavy (non-hydrogen) atoms. The van der Waals surface area contributed by atoms with Gasteiger partial charge in [-0.2, -0.15) is 0 Å². The topological polar surface area (TPSA) is 93.0 Å². The van der Waals surface area contributed by atoms with Crippen molar-refractivity contribution < 1.29 is 13.9 Å². The Morgan fingerprint density at radius 3 is 2.86 bits per heavy atom. The molecule has 0 unspecified atom stereocenters. The second-order valence-corrected chi connectivity index (χ2v) is 8.92. The lowest BCUT2D eigenvalue weighted by Gasteiger charge is -2.22. The third kappa shape index (κ3) is 6.00. The molecule has 7 nitrogen and oxygen atoms in total. The van der Waals surface area contributed by atoms with Gasteiger partial charge >= 0.3 is 6.09 Å². The number of benzene rings is 1. The number of para-hydroxylation sites is 1. The summed E-state index contributed by atoms with van der Waals surface area (Å²) in [6.45, 7) is 7.63. The second kappa shape index (κ2) is 9.35. The molecule has 0 radical (unpaired) electrons. The number of nitrogens with one attached hydrogen (secondary N) is 2. The standard InChI is InChI=1S/C21H28N4O3S/c1-5-6-11-29-20-25-24-18(27-20)17(23-19(26)28-21(2,3)4)12-14-13-22-16-10-8-7-9-15(14)16/h7-10,13,17,22H,5-6,11-12H2,1-4H3,(H,23,26)/t17-/m1/s1. The van der Waals surface area contributed by atoms with Crippen LogP contribution in [0.25, 0.3) is 10.9 Å². The van der Waals surface area contributed by atoms with Gasteiger partial charge in [0, 0.05) is 29.3 Å². The van der Waals surface area contributed by atoms with E-state index >= 15 is 0 Å². The van der Waals surface area contributed by atoms with E-state index in [1.165, 1.54) is 11.8 Å². The first-order chi connectivity index (χ1) is 13.9. The molecule has 8 heteroatoms. The smallest absolute Gasteiger partial charge is 0.408 e. The number of ether oxygens (including phenoxy) is 1. The largest absolute Gasteiger partial charge is 0.444 e. The molecule has 0 aliphatic carbocycles. The lowest BCUT2D eigenvalue weighted by atomic mass is 10.1. The van der Waals surface area contributed by atoms with E-state index in [2.05, 4.69) is 27.4 Å². The quantitative estimate of drug-likeness (QED) is 0.385. The molecule has 2 heterocycles. The van der Waals surface area contributed by atoms with Gasteiger partial charge in [0.25, 0.3) is 5.22 Å². The van der Waals surface area contributed by atoms with Crippen molar-refractivity contribution in [2.45, 2.75) is 63.8 Å². The van der Waals surface area contributed by atoms with E-state index in [0.717, 1.165) is 35.1 Å². The molecule has 3 aromatic rings. The summed E-state index contributed by atoms with van der Waals surface area (Å²) in [6.07, 6.45) is 4.13. The molecule has 1 atom stereocenters. The Balaban J connectivity index is 1.80. The van der Waals surface area contributed by atoms with Crippen LogP contribution in [0.2, 0.25) is 0 Å². The van der Waals surface area contributed by atoms with E-state index in [1.807, 2.05) is 51.2 Å².